The lowest BCUT2D eigenvalue weighted by molar-refractivity contribution is 0.402. The van der Waals surface area contributed by atoms with Crippen LogP contribution in [0.2, 0.25) is 0 Å². The minimum atomic E-state index is 0.584. The smallest absolute Gasteiger partial charge is 0.226 e. The minimum absolute atomic E-state index is 0.584. The number of hydrogen-bond donors (Lipinski definition) is 0. The first kappa shape index (κ1) is 16.1. The highest BCUT2D eigenvalue weighted by Crippen LogP contribution is 2.30. The molecule has 5 nitrogen and oxygen atoms in total. The van der Waals surface area contributed by atoms with Crippen LogP contribution in [-0.2, 0) is 0 Å². The minimum Gasteiger partial charge on any atom is -0.480 e. The molecule has 2 rings (SSSR count). The summed E-state index contributed by atoms with van der Waals surface area (Å²) in [4.78, 5) is 15.4. The number of pyridine rings is 1. The van der Waals surface area contributed by atoms with Crippen molar-refractivity contribution in [1.29, 1.82) is 0 Å². The van der Waals surface area contributed by atoms with Gasteiger partial charge in [-0.3, -0.25) is 0 Å². The third kappa shape index (κ3) is 3.15. The average molecular weight is 276 g/mol. The number of anilines is 1. The molecule has 110 valence electrons. The van der Waals surface area contributed by atoms with E-state index < -0.39 is 0 Å². The molecule has 0 saturated heterocycles. The maximum Gasteiger partial charge on any atom is 0.226 e. The first-order chi connectivity index (χ1) is 9.56. The summed E-state index contributed by atoms with van der Waals surface area (Å²) in [5.74, 6) is 2.20. The largest absolute Gasteiger partial charge is 0.480 e. The molecule has 0 amide bonds. The molecule has 0 atom stereocenters. The summed E-state index contributed by atoms with van der Waals surface area (Å²) in [6.45, 7) is 10.8. The van der Waals surface area contributed by atoms with E-state index in [4.69, 9.17) is 4.74 Å². The van der Waals surface area contributed by atoms with Crippen molar-refractivity contribution in [2.75, 3.05) is 25.6 Å². The van der Waals surface area contributed by atoms with Crippen molar-refractivity contribution in [3.63, 3.8) is 0 Å². The number of rotatable bonds is 3. The molecule has 0 N–H and O–H groups in total. The monoisotopic (exact) mass is 276 g/mol. The van der Waals surface area contributed by atoms with Crippen LogP contribution in [0.15, 0.2) is 6.07 Å². The van der Waals surface area contributed by atoms with E-state index in [0.29, 0.717) is 5.88 Å². The summed E-state index contributed by atoms with van der Waals surface area (Å²) in [5, 5.41) is 0.873. The Morgan fingerprint density at radius 2 is 1.80 bits per heavy atom. The van der Waals surface area contributed by atoms with Crippen LogP contribution in [0.4, 0.5) is 5.82 Å². The molecule has 0 spiro atoms. The van der Waals surface area contributed by atoms with Crippen molar-refractivity contribution in [3.8, 4) is 5.88 Å². The molecular formula is C15H24N4O. The Bertz CT molecular complexity index is 578. The van der Waals surface area contributed by atoms with E-state index in [1.54, 1.807) is 7.11 Å². The van der Waals surface area contributed by atoms with Crippen molar-refractivity contribution in [3.05, 3.63) is 17.6 Å². The van der Waals surface area contributed by atoms with Gasteiger partial charge in [-0.1, -0.05) is 13.8 Å². The molecule has 0 fully saturated rings. The Balaban J connectivity index is 0.000000956. The number of ether oxygens (including phenoxy) is 1. The molecule has 0 saturated carbocycles. The van der Waals surface area contributed by atoms with E-state index in [2.05, 4.69) is 26.8 Å². The van der Waals surface area contributed by atoms with Crippen LogP contribution in [-0.4, -0.2) is 35.7 Å². The van der Waals surface area contributed by atoms with Crippen molar-refractivity contribution < 1.29 is 4.74 Å². The zero-order chi connectivity index (χ0) is 15.3. The Morgan fingerprint density at radius 1 is 1.15 bits per heavy atom. The fourth-order valence-electron chi connectivity index (χ4n) is 1.91. The topological polar surface area (TPSA) is 51.1 Å². The summed E-state index contributed by atoms with van der Waals surface area (Å²) >= 11 is 0. The lowest BCUT2D eigenvalue weighted by atomic mass is 10.2. The zero-order valence-corrected chi connectivity index (χ0v) is 13.5. The van der Waals surface area contributed by atoms with E-state index in [1.807, 2.05) is 40.8 Å². The van der Waals surface area contributed by atoms with Crippen molar-refractivity contribution in [1.82, 2.24) is 15.0 Å². The Hall–Kier alpha value is -1.91. The predicted molar refractivity (Wildman–Crippen MR) is 83.7 cm³/mol. The van der Waals surface area contributed by atoms with Gasteiger partial charge in [-0.05, 0) is 26.8 Å². The maximum atomic E-state index is 5.37. The molecule has 0 aromatic carbocycles. The highest BCUT2D eigenvalue weighted by molar-refractivity contribution is 5.94. The van der Waals surface area contributed by atoms with Gasteiger partial charge in [-0.2, -0.15) is 0 Å². The highest BCUT2D eigenvalue weighted by Gasteiger charge is 2.15. The van der Waals surface area contributed by atoms with Crippen molar-refractivity contribution >= 4 is 16.7 Å². The summed E-state index contributed by atoms with van der Waals surface area (Å²) in [6, 6.07) is 1.96. The summed E-state index contributed by atoms with van der Waals surface area (Å²) < 4.78 is 5.37. The zero-order valence-electron chi connectivity index (χ0n) is 13.5. The van der Waals surface area contributed by atoms with E-state index >= 15 is 0 Å². The molecule has 2 aromatic heterocycles. The standard InChI is InChI=1S/C13H18N4O.C2H6/c1-6-17(4)12-11-10(15-9(3)16-12)7-8(2)14-13(11)18-5;1-2/h7H,6H2,1-5H3;1-2H3. The van der Waals surface area contributed by atoms with Crippen LogP contribution in [0.5, 0.6) is 5.88 Å². The fraction of sp³-hybridized carbons (Fsp3) is 0.533. The second-order valence-corrected chi connectivity index (χ2v) is 4.28. The molecule has 0 aliphatic rings. The highest BCUT2D eigenvalue weighted by atomic mass is 16.5. The van der Waals surface area contributed by atoms with E-state index in [9.17, 15) is 0 Å². The molecule has 2 aromatic rings. The Morgan fingerprint density at radius 3 is 2.35 bits per heavy atom. The lowest BCUT2D eigenvalue weighted by Crippen LogP contribution is -2.18. The third-order valence-corrected chi connectivity index (χ3v) is 2.90. The second kappa shape index (κ2) is 7.03. The lowest BCUT2D eigenvalue weighted by Gasteiger charge is -2.19. The quantitative estimate of drug-likeness (QED) is 0.862. The van der Waals surface area contributed by atoms with Crippen LogP contribution in [0.1, 0.15) is 32.3 Å². The fourth-order valence-corrected chi connectivity index (χ4v) is 1.91. The van der Waals surface area contributed by atoms with Crippen LogP contribution in [0.25, 0.3) is 10.9 Å². The number of nitrogens with zero attached hydrogens (tertiary/aromatic N) is 4. The number of aromatic nitrogens is 3. The maximum absolute atomic E-state index is 5.37. The van der Waals surface area contributed by atoms with Gasteiger partial charge in [0.15, 0.2) is 0 Å². The molecule has 2 heterocycles. The predicted octanol–water partition coefficient (Wildman–Crippen LogP) is 3.13. The molecule has 0 bridgehead atoms. The van der Waals surface area contributed by atoms with Gasteiger partial charge in [0, 0.05) is 19.3 Å². The van der Waals surface area contributed by atoms with Crippen LogP contribution >= 0.6 is 0 Å². The number of aryl methyl sites for hydroxylation is 2. The van der Waals surface area contributed by atoms with Gasteiger partial charge in [0.25, 0.3) is 0 Å². The van der Waals surface area contributed by atoms with Crippen molar-refractivity contribution in [2.45, 2.75) is 34.6 Å². The summed E-state index contributed by atoms with van der Waals surface area (Å²) in [5.41, 5.74) is 1.77. The third-order valence-electron chi connectivity index (χ3n) is 2.90. The van der Waals surface area contributed by atoms with Crippen molar-refractivity contribution in [2.24, 2.45) is 0 Å². The van der Waals surface area contributed by atoms with E-state index in [1.165, 1.54) is 0 Å². The number of fused-ring (bicyclic) bond motifs is 1. The normalized spacial score (nSPS) is 9.95. The Kier molecular flexibility index (Phi) is 5.67. The van der Waals surface area contributed by atoms with Gasteiger partial charge >= 0.3 is 0 Å². The average Bonchev–Trinajstić information content (AvgIpc) is 2.46. The number of methoxy groups -OCH3 is 1. The van der Waals surface area contributed by atoms with Crippen LogP contribution < -0.4 is 9.64 Å². The molecule has 5 heteroatoms. The summed E-state index contributed by atoms with van der Waals surface area (Å²) in [7, 11) is 3.62. The van der Waals surface area contributed by atoms with Crippen LogP contribution in [0.3, 0.4) is 0 Å². The van der Waals surface area contributed by atoms with E-state index in [-0.39, 0.29) is 0 Å². The SMILES string of the molecule is CC.CCN(C)c1nc(C)nc2cc(C)nc(OC)c12. The van der Waals surface area contributed by atoms with Gasteiger partial charge in [0.05, 0.1) is 12.6 Å². The molecule has 0 aliphatic carbocycles. The first-order valence-electron chi connectivity index (χ1n) is 6.98. The van der Waals surface area contributed by atoms with Gasteiger partial charge in [-0.25, -0.2) is 15.0 Å². The van der Waals surface area contributed by atoms with Gasteiger partial charge in [0.2, 0.25) is 5.88 Å². The first-order valence-corrected chi connectivity index (χ1v) is 6.98. The summed E-state index contributed by atoms with van der Waals surface area (Å²) in [6.07, 6.45) is 0. The number of hydrogen-bond acceptors (Lipinski definition) is 5. The molecule has 0 unspecified atom stereocenters. The van der Waals surface area contributed by atoms with Crippen LogP contribution in [0, 0.1) is 13.8 Å². The molecule has 20 heavy (non-hydrogen) atoms. The van der Waals surface area contributed by atoms with Gasteiger partial charge in [0.1, 0.15) is 17.0 Å². The second-order valence-electron chi connectivity index (χ2n) is 4.28. The molecular weight excluding hydrogens is 252 g/mol. The molecule has 0 radical (unpaired) electrons. The van der Waals surface area contributed by atoms with Gasteiger partial charge in [-0.15, -0.1) is 0 Å². The Labute approximate surface area is 121 Å². The molecule has 0 aliphatic heterocycles. The van der Waals surface area contributed by atoms with E-state index in [0.717, 1.165) is 34.8 Å². The van der Waals surface area contributed by atoms with Gasteiger partial charge < -0.3 is 9.64 Å².